The Kier molecular flexibility index (Phi) is 5.43. The van der Waals surface area contributed by atoms with E-state index in [0.717, 1.165) is 16.6 Å². The summed E-state index contributed by atoms with van der Waals surface area (Å²) in [4.78, 5) is 32.4. The minimum absolute atomic E-state index is 0.0428. The minimum atomic E-state index is -0.601. The minimum Gasteiger partial charge on any atom is -0.370 e. The van der Waals surface area contributed by atoms with Crippen molar-refractivity contribution in [2.45, 2.75) is 25.4 Å². The Morgan fingerprint density at radius 3 is 2.83 bits per heavy atom. The molecule has 1 aliphatic rings. The maximum atomic E-state index is 13.3. The van der Waals surface area contributed by atoms with Gasteiger partial charge in [-0.15, -0.1) is 0 Å². The fourth-order valence-corrected chi connectivity index (χ4v) is 3.84. The number of primary amides is 1. The fourth-order valence-electron chi connectivity index (χ4n) is 3.64. The van der Waals surface area contributed by atoms with Crippen LogP contribution >= 0.6 is 11.6 Å². The molecule has 2 amide bonds. The van der Waals surface area contributed by atoms with Gasteiger partial charge in [-0.25, -0.2) is 10.4 Å². The number of carbonyl (C=O) groups excluding carboxylic acids is 2. The summed E-state index contributed by atoms with van der Waals surface area (Å²) in [5.74, 6) is -0.833. The molecule has 9 heteroatoms. The molecule has 1 unspecified atom stereocenters. The summed E-state index contributed by atoms with van der Waals surface area (Å²) in [5.41, 5.74) is 15.9. The Morgan fingerprint density at radius 2 is 2.07 bits per heavy atom. The normalized spacial score (nSPS) is 17.1. The molecular formula is C21H21ClN6O2. The second-order valence-electron chi connectivity index (χ2n) is 7.14. The van der Waals surface area contributed by atoms with Crippen molar-refractivity contribution in [2.75, 3.05) is 0 Å². The number of benzene rings is 2. The highest BCUT2D eigenvalue weighted by Crippen LogP contribution is 2.28. The summed E-state index contributed by atoms with van der Waals surface area (Å²) in [5, 5.41) is 3.45. The number of carbonyl (C=O) groups is 2. The molecule has 6 N–H and O–H groups in total. The van der Waals surface area contributed by atoms with Gasteiger partial charge in [0.2, 0.25) is 5.91 Å². The van der Waals surface area contributed by atoms with Gasteiger partial charge in [0.25, 0.3) is 5.91 Å². The summed E-state index contributed by atoms with van der Waals surface area (Å²) < 4.78 is 0. The van der Waals surface area contributed by atoms with Crippen LogP contribution in [-0.2, 0) is 9.59 Å². The lowest BCUT2D eigenvalue weighted by Crippen LogP contribution is -2.37. The van der Waals surface area contributed by atoms with Gasteiger partial charge in [0.15, 0.2) is 0 Å². The Morgan fingerprint density at radius 1 is 1.27 bits per heavy atom. The average molecular weight is 425 g/mol. The molecule has 0 saturated heterocycles. The van der Waals surface area contributed by atoms with Crippen molar-refractivity contribution < 1.29 is 9.59 Å². The summed E-state index contributed by atoms with van der Waals surface area (Å²) in [6.07, 6.45) is 1.57. The number of aromatic amines is 1. The van der Waals surface area contributed by atoms with Crippen LogP contribution in [0.15, 0.2) is 54.4 Å². The number of aromatic nitrogens is 2. The van der Waals surface area contributed by atoms with E-state index in [1.165, 1.54) is 0 Å². The molecule has 0 spiro atoms. The highest BCUT2D eigenvalue weighted by atomic mass is 35.5. The van der Waals surface area contributed by atoms with Crippen molar-refractivity contribution in [1.29, 1.82) is 0 Å². The number of para-hydroxylation sites is 1. The van der Waals surface area contributed by atoms with Gasteiger partial charge in [-0.2, -0.15) is 0 Å². The molecule has 8 nitrogen and oxygen atoms in total. The highest BCUT2D eigenvalue weighted by Gasteiger charge is 2.31. The molecule has 0 radical (unpaired) electrons. The van der Waals surface area contributed by atoms with Crippen LogP contribution in [-0.4, -0.2) is 27.8 Å². The number of hydrogen-bond donors (Lipinski definition) is 5. The van der Waals surface area contributed by atoms with Crippen molar-refractivity contribution in [3.8, 4) is 0 Å². The van der Waals surface area contributed by atoms with Gasteiger partial charge in [-0.1, -0.05) is 35.9 Å². The van der Waals surface area contributed by atoms with Crippen molar-refractivity contribution >= 4 is 40.1 Å². The zero-order valence-electron chi connectivity index (χ0n) is 16.2. The molecule has 0 bridgehead atoms. The van der Waals surface area contributed by atoms with Crippen LogP contribution in [0.3, 0.4) is 0 Å². The fraction of sp³-hybridized carbons (Fsp3) is 0.190. The molecule has 1 aliphatic heterocycles. The van der Waals surface area contributed by atoms with Gasteiger partial charge in [-0.05, 0) is 30.7 Å². The maximum absolute atomic E-state index is 13.3. The van der Waals surface area contributed by atoms with Gasteiger partial charge < -0.3 is 21.5 Å². The molecule has 30 heavy (non-hydrogen) atoms. The first-order valence-electron chi connectivity index (χ1n) is 9.47. The average Bonchev–Trinajstić information content (AvgIpc) is 3.33. The number of nitrogens with two attached hydrogens (primary N) is 1. The van der Waals surface area contributed by atoms with Gasteiger partial charge in [-0.3, -0.25) is 9.59 Å². The number of amides is 2. The number of nitrogens with one attached hydrogen (secondary N) is 4. The predicted octanol–water partition coefficient (Wildman–Crippen LogP) is 2.16. The SMILES string of the molecule is CC1NNC(c2cccc3[nH]cnc23)=C1C(=O)N[C@@H](CC(N)=O)c1cccc(Cl)c1. The molecular weight excluding hydrogens is 404 g/mol. The number of halogens is 1. The summed E-state index contributed by atoms with van der Waals surface area (Å²) in [6.45, 7) is 1.88. The van der Waals surface area contributed by atoms with Crippen molar-refractivity contribution in [1.82, 2.24) is 26.1 Å². The van der Waals surface area contributed by atoms with Crippen molar-refractivity contribution in [2.24, 2.45) is 5.73 Å². The van der Waals surface area contributed by atoms with Crippen LogP contribution in [0.5, 0.6) is 0 Å². The zero-order chi connectivity index (χ0) is 21.3. The smallest absolute Gasteiger partial charge is 0.251 e. The van der Waals surface area contributed by atoms with E-state index in [9.17, 15) is 9.59 Å². The topological polar surface area (TPSA) is 125 Å². The van der Waals surface area contributed by atoms with E-state index >= 15 is 0 Å². The largest absolute Gasteiger partial charge is 0.370 e. The standard InChI is InChI=1S/C21H21ClN6O2/c1-11-18(20(28-27-11)14-6-3-7-15-19(14)25-10-24-15)21(30)26-16(9-17(23)29)12-4-2-5-13(22)8-12/h2-8,10-11,16,27-28H,9H2,1H3,(H2,23,29)(H,24,25)(H,26,30)/t11?,16-/m0/s1. The first-order chi connectivity index (χ1) is 14.4. The monoisotopic (exact) mass is 424 g/mol. The summed E-state index contributed by atoms with van der Waals surface area (Å²) >= 11 is 6.09. The molecule has 3 aromatic rings. The Hall–Kier alpha value is -3.36. The predicted molar refractivity (Wildman–Crippen MR) is 115 cm³/mol. The Labute approximate surface area is 177 Å². The number of H-pyrrole nitrogens is 1. The molecule has 0 saturated carbocycles. The van der Waals surface area contributed by atoms with Crippen molar-refractivity contribution in [3.63, 3.8) is 0 Å². The summed E-state index contributed by atoms with van der Waals surface area (Å²) in [7, 11) is 0. The lowest BCUT2D eigenvalue weighted by molar-refractivity contribution is -0.120. The molecule has 154 valence electrons. The number of hydrazine groups is 1. The van der Waals surface area contributed by atoms with Gasteiger partial charge >= 0.3 is 0 Å². The second kappa shape index (κ2) is 8.17. The highest BCUT2D eigenvalue weighted by molar-refractivity contribution is 6.30. The quantitative estimate of drug-likeness (QED) is 0.414. The van der Waals surface area contributed by atoms with E-state index in [1.54, 1.807) is 30.6 Å². The van der Waals surface area contributed by atoms with Crippen LogP contribution in [0.1, 0.15) is 30.5 Å². The van der Waals surface area contributed by atoms with E-state index in [2.05, 4.69) is 26.1 Å². The van der Waals surface area contributed by atoms with Crippen LogP contribution < -0.4 is 21.9 Å². The van der Waals surface area contributed by atoms with Crippen molar-refractivity contribution in [3.05, 3.63) is 70.5 Å². The molecule has 4 rings (SSSR count). The Bertz CT molecular complexity index is 1160. The van der Waals surface area contributed by atoms with Gasteiger partial charge in [0.1, 0.15) is 0 Å². The van der Waals surface area contributed by atoms with Gasteiger partial charge in [0.05, 0.1) is 47.1 Å². The van der Waals surface area contributed by atoms with Crippen LogP contribution in [0.4, 0.5) is 0 Å². The Balaban J connectivity index is 1.71. The third-order valence-corrected chi connectivity index (χ3v) is 5.28. The number of rotatable bonds is 6. The van der Waals surface area contributed by atoms with E-state index in [1.807, 2.05) is 25.1 Å². The zero-order valence-corrected chi connectivity index (χ0v) is 17.0. The number of fused-ring (bicyclic) bond motifs is 1. The number of hydrogen-bond acceptors (Lipinski definition) is 5. The lowest BCUT2D eigenvalue weighted by atomic mass is 9.99. The van der Waals surface area contributed by atoms with Crippen LogP contribution in [0.25, 0.3) is 16.7 Å². The lowest BCUT2D eigenvalue weighted by Gasteiger charge is -2.20. The van der Waals surface area contributed by atoms with E-state index in [-0.39, 0.29) is 18.4 Å². The summed E-state index contributed by atoms with van der Waals surface area (Å²) in [6, 6.07) is 11.9. The molecule has 2 atom stereocenters. The molecule has 2 heterocycles. The van der Waals surface area contributed by atoms with E-state index in [4.69, 9.17) is 17.3 Å². The molecule has 1 aromatic heterocycles. The third-order valence-electron chi connectivity index (χ3n) is 5.04. The van der Waals surface area contributed by atoms with E-state index in [0.29, 0.717) is 21.9 Å². The molecule has 0 fully saturated rings. The second-order valence-corrected chi connectivity index (χ2v) is 7.57. The first kappa shape index (κ1) is 19.9. The maximum Gasteiger partial charge on any atom is 0.251 e. The van der Waals surface area contributed by atoms with Crippen LogP contribution in [0, 0.1) is 0 Å². The molecule has 0 aliphatic carbocycles. The van der Waals surface area contributed by atoms with Crippen LogP contribution in [0.2, 0.25) is 5.02 Å². The third kappa shape index (κ3) is 3.87. The number of imidazole rings is 1. The number of nitrogens with zero attached hydrogens (tertiary/aromatic N) is 1. The molecule has 2 aromatic carbocycles. The van der Waals surface area contributed by atoms with Gasteiger partial charge in [0, 0.05) is 10.6 Å². The van der Waals surface area contributed by atoms with E-state index < -0.39 is 11.9 Å². The first-order valence-corrected chi connectivity index (χ1v) is 9.84.